The van der Waals surface area contributed by atoms with Crippen LogP contribution in [0, 0.1) is 5.92 Å². The van der Waals surface area contributed by atoms with E-state index in [0.717, 1.165) is 19.3 Å². The number of benzene rings is 1. The zero-order valence-corrected chi connectivity index (χ0v) is 14.3. The molecule has 3 rings (SSSR count). The van der Waals surface area contributed by atoms with Crippen LogP contribution in [-0.2, 0) is 19.1 Å². The Labute approximate surface area is 149 Å². The largest absolute Gasteiger partial charge is 0.432 e. The second-order valence-corrected chi connectivity index (χ2v) is 6.84. The normalized spacial score (nSPS) is 26.0. The molecule has 1 saturated carbocycles. The maximum absolute atomic E-state index is 12.4. The first kappa shape index (κ1) is 17.5. The fourth-order valence-corrected chi connectivity index (χ4v) is 3.48. The molecule has 2 aliphatic rings. The summed E-state index contributed by atoms with van der Waals surface area (Å²) in [5.41, 5.74) is 0.281. The van der Waals surface area contributed by atoms with Gasteiger partial charge in [-0.1, -0.05) is 29.6 Å². The number of aliphatic hydroxyl groups excluding tert-OH is 1. The minimum absolute atomic E-state index is 0.221. The van der Waals surface area contributed by atoms with E-state index in [9.17, 15) is 14.7 Å². The highest BCUT2D eigenvalue weighted by Gasteiger charge is 2.51. The number of hydrogen-bond donors (Lipinski definition) is 2. The molecule has 2 atom stereocenters. The Morgan fingerprint density at radius 1 is 1.25 bits per heavy atom. The lowest BCUT2D eigenvalue weighted by Gasteiger charge is -2.43. The molecule has 1 heterocycles. The number of nitrogens with one attached hydrogen (secondary N) is 1. The number of halogens is 2. The number of amides is 1. The quantitative estimate of drug-likeness (QED) is 0.614. The maximum atomic E-state index is 12.4. The van der Waals surface area contributed by atoms with E-state index in [2.05, 4.69) is 5.32 Å². The van der Waals surface area contributed by atoms with Gasteiger partial charge in [0.2, 0.25) is 11.7 Å². The standard InChI is InChI=1S/C16H17Cl2NO5/c17-9-4-5-11(10(18)8-9)19-13(20)12-14(21)23-16(24-15(12)22)6-2-1-3-7-16/h4-5,8,12,14,21H,1-3,6-7H2,(H,19,20). The lowest BCUT2D eigenvalue weighted by molar-refractivity contribution is -0.332. The zero-order chi connectivity index (χ0) is 17.3. The molecule has 1 aliphatic heterocycles. The summed E-state index contributed by atoms with van der Waals surface area (Å²) in [6.45, 7) is 0. The van der Waals surface area contributed by atoms with Crippen molar-refractivity contribution in [1.29, 1.82) is 0 Å². The molecule has 2 unspecified atom stereocenters. The highest BCUT2D eigenvalue weighted by molar-refractivity contribution is 6.36. The van der Waals surface area contributed by atoms with E-state index in [1.165, 1.54) is 12.1 Å². The highest BCUT2D eigenvalue weighted by atomic mass is 35.5. The smallest absolute Gasteiger partial charge is 0.326 e. The number of carbonyl (C=O) groups is 2. The minimum atomic E-state index is -1.56. The van der Waals surface area contributed by atoms with Crippen molar-refractivity contribution in [3.8, 4) is 0 Å². The van der Waals surface area contributed by atoms with Gasteiger partial charge in [-0.25, -0.2) is 0 Å². The van der Waals surface area contributed by atoms with Crippen LogP contribution in [0.15, 0.2) is 18.2 Å². The number of aliphatic hydroxyl groups is 1. The van der Waals surface area contributed by atoms with Gasteiger partial charge < -0.3 is 19.9 Å². The first-order valence-electron chi connectivity index (χ1n) is 7.75. The summed E-state index contributed by atoms with van der Waals surface area (Å²) in [5, 5.41) is 13.3. The van der Waals surface area contributed by atoms with Crippen molar-refractivity contribution in [2.24, 2.45) is 5.92 Å². The van der Waals surface area contributed by atoms with Gasteiger partial charge in [-0.3, -0.25) is 9.59 Å². The van der Waals surface area contributed by atoms with Gasteiger partial charge in [-0.15, -0.1) is 0 Å². The van der Waals surface area contributed by atoms with E-state index in [4.69, 9.17) is 32.7 Å². The third-order valence-electron chi connectivity index (χ3n) is 4.25. The van der Waals surface area contributed by atoms with Crippen molar-refractivity contribution in [2.75, 3.05) is 5.32 Å². The van der Waals surface area contributed by atoms with Crippen LogP contribution < -0.4 is 5.32 Å². The summed E-state index contributed by atoms with van der Waals surface area (Å²) in [4.78, 5) is 24.6. The maximum Gasteiger partial charge on any atom is 0.326 e. The van der Waals surface area contributed by atoms with E-state index >= 15 is 0 Å². The number of rotatable bonds is 2. The zero-order valence-electron chi connectivity index (χ0n) is 12.8. The summed E-state index contributed by atoms with van der Waals surface area (Å²) in [6, 6.07) is 4.51. The molecule has 8 heteroatoms. The van der Waals surface area contributed by atoms with Gasteiger partial charge in [0.1, 0.15) is 0 Å². The van der Waals surface area contributed by atoms with Crippen LogP contribution in [0.4, 0.5) is 5.69 Å². The number of ether oxygens (including phenoxy) is 2. The van der Waals surface area contributed by atoms with Crippen LogP contribution in [0.5, 0.6) is 0 Å². The number of esters is 1. The summed E-state index contributed by atoms with van der Waals surface area (Å²) in [6.07, 6.45) is 2.20. The predicted octanol–water partition coefficient (Wildman–Crippen LogP) is 3.10. The summed E-state index contributed by atoms with van der Waals surface area (Å²) >= 11 is 11.8. The highest BCUT2D eigenvalue weighted by Crippen LogP contribution is 2.39. The Morgan fingerprint density at radius 3 is 2.58 bits per heavy atom. The Kier molecular flexibility index (Phi) is 5.01. The average molecular weight is 374 g/mol. The second kappa shape index (κ2) is 6.88. The third-order valence-corrected chi connectivity index (χ3v) is 4.80. The van der Waals surface area contributed by atoms with Crippen LogP contribution in [0.2, 0.25) is 10.0 Å². The molecule has 1 aromatic carbocycles. The van der Waals surface area contributed by atoms with Crippen LogP contribution in [0.1, 0.15) is 32.1 Å². The fraction of sp³-hybridized carbons (Fsp3) is 0.500. The molecule has 1 amide bonds. The van der Waals surface area contributed by atoms with Crippen LogP contribution in [0.25, 0.3) is 0 Å². The predicted molar refractivity (Wildman–Crippen MR) is 87.6 cm³/mol. The van der Waals surface area contributed by atoms with Crippen molar-refractivity contribution in [1.82, 2.24) is 0 Å². The van der Waals surface area contributed by atoms with Gasteiger partial charge in [0.05, 0.1) is 10.7 Å². The summed E-state index contributed by atoms with van der Waals surface area (Å²) in [5.74, 6) is -4.12. The van der Waals surface area contributed by atoms with Gasteiger partial charge in [0, 0.05) is 17.9 Å². The van der Waals surface area contributed by atoms with Crippen molar-refractivity contribution in [3.63, 3.8) is 0 Å². The topological polar surface area (TPSA) is 84.9 Å². The van der Waals surface area contributed by atoms with Crippen molar-refractivity contribution < 1.29 is 24.2 Å². The van der Waals surface area contributed by atoms with Crippen molar-refractivity contribution >= 4 is 40.8 Å². The molecular weight excluding hydrogens is 357 g/mol. The summed E-state index contributed by atoms with van der Waals surface area (Å²) < 4.78 is 10.9. The average Bonchev–Trinajstić information content (AvgIpc) is 2.50. The monoisotopic (exact) mass is 373 g/mol. The summed E-state index contributed by atoms with van der Waals surface area (Å²) in [7, 11) is 0. The van der Waals surface area contributed by atoms with Gasteiger partial charge in [0.15, 0.2) is 12.2 Å². The van der Waals surface area contributed by atoms with E-state index in [-0.39, 0.29) is 10.7 Å². The molecule has 1 saturated heterocycles. The lowest BCUT2D eigenvalue weighted by atomic mass is 9.92. The molecular formula is C16H17Cl2NO5. The van der Waals surface area contributed by atoms with Gasteiger partial charge >= 0.3 is 5.97 Å². The molecule has 130 valence electrons. The van der Waals surface area contributed by atoms with Crippen molar-refractivity contribution in [2.45, 2.75) is 44.2 Å². The minimum Gasteiger partial charge on any atom is -0.432 e. The van der Waals surface area contributed by atoms with Crippen LogP contribution in [0.3, 0.4) is 0 Å². The Balaban J connectivity index is 1.72. The molecule has 1 aromatic rings. The molecule has 0 aromatic heterocycles. The molecule has 1 spiro atoms. The van der Waals surface area contributed by atoms with E-state index in [0.29, 0.717) is 17.9 Å². The van der Waals surface area contributed by atoms with Gasteiger partial charge in [-0.05, 0) is 31.0 Å². The molecule has 2 N–H and O–H groups in total. The first-order valence-corrected chi connectivity index (χ1v) is 8.50. The van der Waals surface area contributed by atoms with E-state index < -0.39 is 29.9 Å². The van der Waals surface area contributed by atoms with Crippen molar-refractivity contribution in [3.05, 3.63) is 28.2 Å². The Morgan fingerprint density at radius 2 is 1.96 bits per heavy atom. The lowest BCUT2D eigenvalue weighted by Crippen LogP contribution is -2.55. The van der Waals surface area contributed by atoms with Gasteiger partial charge in [0.25, 0.3) is 0 Å². The SMILES string of the molecule is O=C(Nc1ccc(Cl)cc1Cl)C1C(=O)OC2(CCCCC2)OC1O. The fourth-order valence-electron chi connectivity index (χ4n) is 3.02. The molecule has 2 fully saturated rings. The second-order valence-electron chi connectivity index (χ2n) is 5.99. The number of carbonyl (C=O) groups excluding carboxylic acids is 2. The molecule has 24 heavy (non-hydrogen) atoms. The van der Waals surface area contributed by atoms with E-state index in [1.54, 1.807) is 6.07 Å². The Hall–Kier alpha value is -1.34. The van der Waals surface area contributed by atoms with Crippen LogP contribution >= 0.6 is 23.2 Å². The third kappa shape index (κ3) is 3.52. The van der Waals surface area contributed by atoms with E-state index in [1.807, 2.05) is 0 Å². The first-order chi connectivity index (χ1) is 11.4. The van der Waals surface area contributed by atoms with Crippen LogP contribution in [-0.4, -0.2) is 29.1 Å². The molecule has 1 aliphatic carbocycles. The van der Waals surface area contributed by atoms with Gasteiger partial charge in [-0.2, -0.15) is 0 Å². The molecule has 0 radical (unpaired) electrons. The molecule has 0 bridgehead atoms. The number of anilines is 1. The Bertz CT molecular complexity index is 660. The number of hydrogen-bond acceptors (Lipinski definition) is 5. The molecule has 6 nitrogen and oxygen atoms in total.